The Balaban J connectivity index is 2.67. The normalized spacial score (nSPS) is 11.3. The third-order valence-electron chi connectivity index (χ3n) is 2.55. The fourth-order valence-corrected chi connectivity index (χ4v) is 2.26. The number of carbonyl (C=O) groups is 1. The van der Waals surface area contributed by atoms with Crippen LogP contribution < -0.4 is 5.32 Å². The van der Waals surface area contributed by atoms with Crippen molar-refractivity contribution < 1.29 is 14.1 Å². The highest BCUT2D eigenvalue weighted by Crippen LogP contribution is 2.09. The summed E-state index contributed by atoms with van der Waals surface area (Å²) in [7, 11) is -0.829. The number of rotatable bonds is 5. The summed E-state index contributed by atoms with van der Waals surface area (Å²) in [4.78, 5) is 12.0. The zero-order valence-electron chi connectivity index (χ0n) is 11.7. The van der Waals surface area contributed by atoms with Gasteiger partial charge in [0.05, 0.1) is 0 Å². The molecule has 2 N–H and O–H groups in total. The van der Waals surface area contributed by atoms with Gasteiger partial charge in [0.1, 0.15) is 6.61 Å². The summed E-state index contributed by atoms with van der Waals surface area (Å²) in [5.41, 5.74) is 2.19. The average Bonchev–Trinajstić information content (AvgIpc) is 2.40. The molecule has 4 nitrogen and oxygen atoms in total. The molecule has 1 rings (SSSR count). The summed E-state index contributed by atoms with van der Waals surface area (Å²) in [5.74, 6) is 5.78. The highest BCUT2D eigenvalue weighted by atomic mass is 32.2. The van der Waals surface area contributed by atoms with Crippen molar-refractivity contribution in [2.75, 3.05) is 25.2 Å². The lowest BCUT2D eigenvalue weighted by molar-refractivity contribution is 0.0953. The highest BCUT2D eigenvalue weighted by Gasteiger charge is 2.06. The second-order valence-corrected chi connectivity index (χ2v) is 5.99. The first kappa shape index (κ1) is 16.4. The molecule has 0 saturated carbocycles. The van der Waals surface area contributed by atoms with Crippen LogP contribution in [0.3, 0.4) is 0 Å². The maximum atomic E-state index is 12.0. The molecule has 0 aliphatic heterocycles. The Morgan fingerprint density at radius 3 is 2.80 bits per heavy atom. The van der Waals surface area contributed by atoms with E-state index in [1.54, 1.807) is 18.4 Å². The molecule has 1 unspecified atom stereocenters. The number of aryl methyl sites for hydroxylation is 1. The highest BCUT2D eigenvalue weighted by molar-refractivity contribution is 7.84. The minimum absolute atomic E-state index is 0.164. The summed E-state index contributed by atoms with van der Waals surface area (Å²) < 4.78 is 10.9. The van der Waals surface area contributed by atoms with Gasteiger partial charge in [-0.05, 0) is 37.1 Å². The van der Waals surface area contributed by atoms with Crippen molar-refractivity contribution in [3.63, 3.8) is 0 Å². The minimum Gasteiger partial charge on any atom is -0.384 e. The largest absolute Gasteiger partial charge is 0.384 e. The van der Waals surface area contributed by atoms with Gasteiger partial charge in [0.25, 0.3) is 5.91 Å². The van der Waals surface area contributed by atoms with E-state index in [-0.39, 0.29) is 12.5 Å². The van der Waals surface area contributed by atoms with Gasteiger partial charge in [0.15, 0.2) is 0 Å². The van der Waals surface area contributed by atoms with E-state index < -0.39 is 10.8 Å². The molecule has 108 valence electrons. The molecule has 0 spiro atoms. The molecule has 0 radical (unpaired) electrons. The van der Waals surface area contributed by atoms with Crippen LogP contribution in [0.5, 0.6) is 0 Å². The van der Waals surface area contributed by atoms with Crippen LogP contribution in [0.25, 0.3) is 0 Å². The molecule has 0 aliphatic rings. The molecule has 0 aromatic heterocycles. The zero-order valence-corrected chi connectivity index (χ0v) is 12.5. The van der Waals surface area contributed by atoms with Crippen LogP contribution >= 0.6 is 0 Å². The predicted octanol–water partition coefficient (Wildman–Crippen LogP) is 0.837. The van der Waals surface area contributed by atoms with Gasteiger partial charge in [0, 0.05) is 40.5 Å². The van der Waals surface area contributed by atoms with E-state index in [2.05, 4.69) is 17.2 Å². The lowest BCUT2D eigenvalue weighted by Gasteiger charge is -2.06. The Labute approximate surface area is 122 Å². The molecule has 20 heavy (non-hydrogen) atoms. The summed E-state index contributed by atoms with van der Waals surface area (Å²) in [6.07, 6.45) is 2.34. The van der Waals surface area contributed by atoms with Crippen LogP contribution in [-0.2, 0) is 10.8 Å². The van der Waals surface area contributed by atoms with E-state index in [1.807, 2.05) is 13.0 Å². The second kappa shape index (κ2) is 8.51. The van der Waals surface area contributed by atoms with Crippen LogP contribution in [-0.4, -0.2) is 40.4 Å². The van der Waals surface area contributed by atoms with Crippen LogP contribution in [0.1, 0.15) is 27.9 Å². The van der Waals surface area contributed by atoms with Crippen molar-refractivity contribution in [2.45, 2.75) is 13.3 Å². The molecule has 0 aliphatic carbocycles. The Morgan fingerprint density at radius 1 is 1.40 bits per heavy atom. The number of nitrogens with one attached hydrogen (secondary N) is 1. The van der Waals surface area contributed by atoms with Crippen molar-refractivity contribution in [1.82, 2.24) is 5.32 Å². The molecular weight excluding hydrogens is 274 g/mol. The van der Waals surface area contributed by atoms with E-state index in [1.165, 1.54) is 0 Å². The molecule has 1 amide bonds. The van der Waals surface area contributed by atoms with E-state index in [9.17, 15) is 9.00 Å². The van der Waals surface area contributed by atoms with E-state index in [0.717, 1.165) is 5.56 Å². The fourth-order valence-electron chi connectivity index (χ4n) is 1.71. The topological polar surface area (TPSA) is 66.4 Å². The first-order valence-corrected chi connectivity index (χ1v) is 8.05. The molecule has 1 atom stereocenters. The van der Waals surface area contributed by atoms with E-state index in [0.29, 0.717) is 29.8 Å². The van der Waals surface area contributed by atoms with Gasteiger partial charge < -0.3 is 10.4 Å². The molecule has 0 heterocycles. The van der Waals surface area contributed by atoms with Crippen molar-refractivity contribution in [1.29, 1.82) is 0 Å². The third-order valence-corrected chi connectivity index (χ3v) is 3.41. The summed E-state index contributed by atoms with van der Waals surface area (Å²) in [5, 5.41) is 11.5. The molecular formula is C15H19NO3S. The van der Waals surface area contributed by atoms with Crippen molar-refractivity contribution >= 4 is 16.7 Å². The standard InChI is InChI=1S/C15H19NO3S/c1-12-9-13(5-3-7-17)11-14(10-12)15(18)16-6-4-8-20(2)19/h9-11,17H,4,6-8H2,1-2H3,(H,16,18). The number of aliphatic hydroxyl groups is 1. The fraction of sp³-hybridized carbons (Fsp3) is 0.400. The number of hydrogen-bond donors (Lipinski definition) is 2. The predicted molar refractivity (Wildman–Crippen MR) is 81.0 cm³/mol. The molecule has 0 fully saturated rings. The van der Waals surface area contributed by atoms with Gasteiger partial charge in [-0.25, -0.2) is 0 Å². The van der Waals surface area contributed by atoms with Crippen LogP contribution in [0.15, 0.2) is 18.2 Å². The number of carbonyl (C=O) groups excluding carboxylic acids is 1. The number of benzene rings is 1. The van der Waals surface area contributed by atoms with Crippen molar-refractivity contribution in [2.24, 2.45) is 0 Å². The summed E-state index contributed by atoms with van der Waals surface area (Å²) in [6.45, 7) is 2.19. The van der Waals surface area contributed by atoms with Crippen LogP contribution in [0.2, 0.25) is 0 Å². The smallest absolute Gasteiger partial charge is 0.251 e. The zero-order chi connectivity index (χ0) is 15.0. The molecule has 0 saturated heterocycles. The van der Waals surface area contributed by atoms with Gasteiger partial charge in [-0.15, -0.1) is 0 Å². The van der Waals surface area contributed by atoms with E-state index in [4.69, 9.17) is 5.11 Å². The Morgan fingerprint density at radius 2 is 2.15 bits per heavy atom. The summed E-state index contributed by atoms with van der Waals surface area (Å²) in [6, 6.07) is 5.35. The van der Waals surface area contributed by atoms with Gasteiger partial charge in [-0.2, -0.15) is 0 Å². The average molecular weight is 293 g/mol. The van der Waals surface area contributed by atoms with Crippen molar-refractivity contribution in [3.05, 3.63) is 34.9 Å². The van der Waals surface area contributed by atoms with Gasteiger partial charge in [-0.3, -0.25) is 9.00 Å². The monoisotopic (exact) mass is 293 g/mol. The van der Waals surface area contributed by atoms with Gasteiger partial charge >= 0.3 is 0 Å². The number of aliphatic hydroxyl groups excluding tert-OH is 1. The number of hydrogen-bond acceptors (Lipinski definition) is 3. The molecule has 1 aromatic rings. The molecule has 1 aromatic carbocycles. The lowest BCUT2D eigenvalue weighted by Crippen LogP contribution is -2.25. The Hall–Kier alpha value is -1.64. The Bertz CT molecular complexity index is 558. The minimum atomic E-state index is -0.829. The lowest BCUT2D eigenvalue weighted by atomic mass is 10.1. The van der Waals surface area contributed by atoms with Crippen LogP contribution in [0.4, 0.5) is 0 Å². The maximum Gasteiger partial charge on any atom is 0.251 e. The van der Waals surface area contributed by atoms with E-state index >= 15 is 0 Å². The third kappa shape index (κ3) is 6.00. The first-order chi connectivity index (χ1) is 9.52. The molecule has 5 heteroatoms. The van der Waals surface area contributed by atoms with Crippen molar-refractivity contribution in [3.8, 4) is 11.8 Å². The van der Waals surface area contributed by atoms with Gasteiger partial charge in [-0.1, -0.05) is 11.8 Å². The molecule has 0 bridgehead atoms. The Kier molecular flexibility index (Phi) is 6.99. The van der Waals surface area contributed by atoms with Gasteiger partial charge in [0.2, 0.25) is 0 Å². The SMILES string of the molecule is Cc1cc(C#CCO)cc(C(=O)NCCCS(C)=O)c1. The first-order valence-electron chi connectivity index (χ1n) is 6.32. The maximum absolute atomic E-state index is 12.0. The van der Waals surface area contributed by atoms with Crippen LogP contribution in [0, 0.1) is 18.8 Å². The summed E-state index contributed by atoms with van der Waals surface area (Å²) >= 11 is 0. The second-order valence-electron chi connectivity index (χ2n) is 4.43. The quantitative estimate of drug-likeness (QED) is 0.624. The number of amides is 1.